The van der Waals surface area contributed by atoms with Crippen LogP contribution in [0.1, 0.15) is 240 Å². The van der Waals surface area contributed by atoms with E-state index >= 15 is 0 Å². The highest BCUT2D eigenvalue weighted by atomic mass is 16.7. The summed E-state index contributed by atoms with van der Waals surface area (Å²) >= 11 is 0. The maximum atomic E-state index is 12.3. The predicted molar refractivity (Wildman–Crippen MR) is 251 cm³/mol. The summed E-state index contributed by atoms with van der Waals surface area (Å²) in [6.07, 6.45) is 37.8. The highest BCUT2D eigenvalue weighted by Gasteiger charge is 2.40. The Labute approximate surface area is 372 Å². The molecule has 354 valence electrons. The number of nitrogens with zero attached hydrogens (tertiary/aromatic N) is 2. The molecular formula is C52H100N2O6. The highest BCUT2D eigenvalue weighted by molar-refractivity contribution is 5.69. The average Bonchev–Trinajstić information content (AvgIpc) is 3.66. The first kappa shape index (κ1) is 54.9. The van der Waals surface area contributed by atoms with E-state index < -0.39 is 5.79 Å². The molecule has 0 spiro atoms. The number of piperazine rings is 1. The Balaban J connectivity index is 1.60. The maximum absolute atomic E-state index is 12.3. The van der Waals surface area contributed by atoms with Crippen LogP contribution in [-0.4, -0.2) is 93.2 Å². The largest absolute Gasteiger partial charge is 0.466 e. The van der Waals surface area contributed by atoms with E-state index in [0.717, 1.165) is 110 Å². The van der Waals surface area contributed by atoms with Gasteiger partial charge in [0.15, 0.2) is 5.79 Å². The molecular weight excluding hydrogens is 749 g/mol. The quantitative estimate of drug-likeness (QED) is 0.0445. The standard InChI is InChI=1S/C52H100N2O6/c1-6-10-28-47(29-11-7-2)35-44-57-50(55)32-24-20-16-14-18-22-26-37-52(59-46-49(60-52)34-39-54-42-40-53(5)41-43-54)38-27-23-19-15-17-21-25-33-51(56)58-45-36-48(30-12-8-3)31-13-9-4/h47-49H,6-46H2,1-5H3/t49-/m1/s1. The fraction of sp³-hybridized carbons (Fsp3) is 0.962. The van der Waals surface area contributed by atoms with Gasteiger partial charge in [0.1, 0.15) is 0 Å². The zero-order valence-electron chi connectivity index (χ0n) is 40.6. The van der Waals surface area contributed by atoms with Gasteiger partial charge in [-0.15, -0.1) is 0 Å². The van der Waals surface area contributed by atoms with Gasteiger partial charge in [-0.25, -0.2) is 0 Å². The van der Waals surface area contributed by atoms with Crippen molar-refractivity contribution in [3.63, 3.8) is 0 Å². The number of carbonyl (C=O) groups is 2. The van der Waals surface area contributed by atoms with E-state index in [2.05, 4.69) is 44.5 Å². The third-order valence-corrected chi connectivity index (χ3v) is 13.6. The molecule has 2 heterocycles. The molecule has 2 fully saturated rings. The third kappa shape index (κ3) is 28.5. The van der Waals surface area contributed by atoms with Crippen molar-refractivity contribution in [3.05, 3.63) is 0 Å². The van der Waals surface area contributed by atoms with Gasteiger partial charge in [0, 0.05) is 58.4 Å². The van der Waals surface area contributed by atoms with Crippen molar-refractivity contribution in [2.45, 2.75) is 251 Å². The van der Waals surface area contributed by atoms with Gasteiger partial charge < -0.3 is 28.7 Å². The molecule has 2 saturated heterocycles. The lowest BCUT2D eigenvalue weighted by Crippen LogP contribution is -2.45. The van der Waals surface area contributed by atoms with Crippen LogP contribution in [0, 0.1) is 11.8 Å². The Morgan fingerprint density at radius 3 is 1.37 bits per heavy atom. The number of rotatable bonds is 41. The van der Waals surface area contributed by atoms with Crippen LogP contribution in [0.4, 0.5) is 0 Å². The Bertz CT molecular complexity index is 931. The molecule has 0 saturated carbocycles. The van der Waals surface area contributed by atoms with Gasteiger partial charge in [-0.05, 0) is 63.8 Å². The van der Waals surface area contributed by atoms with Gasteiger partial charge in [-0.3, -0.25) is 9.59 Å². The van der Waals surface area contributed by atoms with Crippen LogP contribution >= 0.6 is 0 Å². The molecule has 0 aromatic carbocycles. The van der Waals surface area contributed by atoms with Crippen LogP contribution in [0.25, 0.3) is 0 Å². The molecule has 0 N–H and O–H groups in total. The fourth-order valence-corrected chi connectivity index (χ4v) is 9.30. The van der Waals surface area contributed by atoms with Gasteiger partial charge in [-0.2, -0.15) is 0 Å². The summed E-state index contributed by atoms with van der Waals surface area (Å²) < 4.78 is 24.7. The van der Waals surface area contributed by atoms with E-state index in [-0.39, 0.29) is 18.0 Å². The van der Waals surface area contributed by atoms with Gasteiger partial charge in [-0.1, -0.05) is 169 Å². The van der Waals surface area contributed by atoms with Gasteiger partial charge in [0.05, 0.1) is 25.9 Å². The van der Waals surface area contributed by atoms with Crippen LogP contribution in [0.5, 0.6) is 0 Å². The average molecular weight is 849 g/mol. The molecule has 0 amide bonds. The van der Waals surface area contributed by atoms with E-state index in [0.29, 0.717) is 37.9 Å². The molecule has 2 rings (SSSR count). The third-order valence-electron chi connectivity index (χ3n) is 13.6. The zero-order valence-corrected chi connectivity index (χ0v) is 40.6. The number of esters is 2. The summed E-state index contributed by atoms with van der Waals surface area (Å²) in [6, 6.07) is 0. The van der Waals surface area contributed by atoms with E-state index in [1.165, 1.54) is 128 Å². The first-order valence-corrected chi connectivity index (χ1v) is 26.4. The van der Waals surface area contributed by atoms with Gasteiger partial charge >= 0.3 is 11.9 Å². The molecule has 0 radical (unpaired) electrons. The maximum Gasteiger partial charge on any atom is 0.305 e. The van der Waals surface area contributed by atoms with Crippen molar-refractivity contribution in [3.8, 4) is 0 Å². The molecule has 0 aliphatic carbocycles. The van der Waals surface area contributed by atoms with Crippen molar-refractivity contribution < 1.29 is 28.5 Å². The normalized spacial score (nSPS) is 17.3. The zero-order chi connectivity index (χ0) is 43.4. The van der Waals surface area contributed by atoms with Crippen molar-refractivity contribution >= 4 is 11.9 Å². The van der Waals surface area contributed by atoms with Crippen LogP contribution in [0.2, 0.25) is 0 Å². The van der Waals surface area contributed by atoms with Crippen LogP contribution in [0.15, 0.2) is 0 Å². The van der Waals surface area contributed by atoms with Crippen molar-refractivity contribution in [2.24, 2.45) is 11.8 Å². The summed E-state index contributed by atoms with van der Waals surface area (Å²) in [7, 11) is 2.22. The topological polar surface area (TPSA) is 77.5 Å². The molecule has 2 aliphatic rings. The van der Waals surface area contributed by atoms with Gasteiger partial charge in [0.25, 0.3) is 0 Å². The summed E-state index contributed by atoms with van der Waals surface area (Å²) in [5.41, 5.74) is 0. The molecule has 0 unspecified atom stereocenters. The second-order valence-corrected chi connectivity index (χ2v) is 19.2. The van der Waals surface area contributed by atoms with Crippen molar-refractivity contribution in [2.75, 3.05) is 59.6 Å². The number of ether oxygens (including phenoxy) is 4. The first-order valence-electron chi connectivity index (χ1n) is 26.4. The van der Waals surface area contributed by atoms with E-state index in [9.17, 15) is 9.59 Å². The number of hydrogen-bond donors (Lipinski definition) is 0. The second kappa shape index (κ2) is 37.2. The summed E-state index contributed by atoms with van der Waals surface area (Å²) in [5, 5.41) is 0. The number of carbonyl (C=O) groups excluding carboxylic acids is 2. The summed E-state index contributed by atoms with van der Waals surface area (Å²) in [4.78, 5) is 29.7. The predicted octanol–water partition coefficient (Wildman–Crippen LogP) is 13.6. The molecule has 1 atom stereocenters. The molecule has 0 aromatic rings. The minimum absolute atomic E-state index is 0.00314. The summed E-state index contributed by atoms with van der Waals surface area (Å²) in [6.45, 7) is 16.7. The minimum atomic E-state index is -0.411. The lowest BCUT2D eigenvalue weighted by atomic mass is 9.93. The van der Waals surface area contributed by atoms with Gasteiger partial charge in [0.2, 0.25) is 0 Å². The molecule has 60 heavy (non-hydrogen) atoms. The molecule has 8 heteroatoms. The molecule has 2 aliphatic heterocycles. The number of likely N-dealkylation sites (N-methyl/N-ethyl adjacent to an activating group) is 1. The molecule has 8 nitrogen and oxygen atoms in total. The van der Waals surface area contributed by atoms with E-state index in [4.69, 9.17) is 18.9 Å². The minimum Gasteiger partial charge on any atom is -0.466 e. The molecule has 0 bridgehead atoms. The van der Waals surface area contributed by atoms with Crippen molar-refractivity contribution in [1.82, 2.24) is 9.80 Å². The number of hydrogen-bond acceptors (Lipinski definition) is 8. The lowest BCUT2D eigenvalue weighted by molar-refractivity contribution is -0.180. The Hall–Kier alpha value is -1.22. The van der Waals surface area contributed by atoms with E-state index in [1.807, 2.05) is 0 Å². The number of unbranched alkanes of at least 4 members (excludes halogenated alkanes) is 16. The Kier molecular flexibility index (Phi) is 34.0. The molecule has 0 aromatic heterocycles. The monoisotopic (exact) mass is 849 g/mol. The van der Waals surface area contributed by atoms with Crippen LogP contribution in [0.3, 0.4) is 0 Å². The van der Waals surface area contributed by atoms with Crippen LogP contribution in [-0.2, 0) is 28.5 Å². The SMILES string of the molecule is CCCCC(CCCC)CCOC(=O)CCCCCCCCCC1(CCCCCCCCCC(=O)OCCC(CCCC)CCCC)OC[C@@H](CCN2CCN(C)CC2)O1. The van der Waals surface area contributed by atoms with E-state index in [1.54, 1.807) is 0 Å². The first-order chi connectivity index (χ1) is 29.3. The highest BCUT2D eigenvalue weighted by Crippen LogP contribution is 2.36. The van der Waals surface area contributed by atoms with Crippen LogP contribution < -0.4 is 0 Å². The summed E-state index contributed by atoms with van der Waals surface area (Å²) in [5.74, 6) is 1.01. The second-order valence-electron chi connectivity index (χ2n) is 19.2. The smallest absolute Gasteiger partial charge is 0.305 e. The Morgan fingerprint density at radius 2 is 0.950 bits per heavy atom. The lowest BCUT2D eigenvalue weighted by Gasteiger charge is -2.33. The Morgan fingerprint density at radius 1 is 0.550 bits per heavy atom. The van der Waals surface area contributed by atoms with Crippen molar-refractivity contribution in [1.29, 1.82) is 0 Å². The fourth-order valence-electron chi connectivity index (χ4n) is 9.30.